The van der Waals surface area contributed by atoms with Gasteiger partial charge >= 0.3 is 0 Å². The highest BCUT2D eigenvalue weighted by molar-refractivity contribution is 5.44. The van der Waals surface area contributed by atoms with Crippen LogP contribution < -0.4 is 14.8 Å². The van der Waals surface area contributed by atoms with Crippen molar-refractivity contribution in [1.82, 2.24) is 5.32 Å². The molecule has 0 aliphatic carbocycles. The summed E-state index contributed by atoms with van der Waals surface area (Å²) < 4.78 is 12.0. The monoisotopic (exact) mass is 305 g/mol. The zero-order chi connectivity index (χ0) is 16.3. The molecule has 0 fully saturated rings. The van der Waals surface area contributed by atoms with E-state index in [1.54, 1.807) is 0 Å². The standard InChI is InChI=1S/C19H31NO2/c1-13(2)11-20-17-10-19(5,6)22-18-9-15(7-8-16(17)18)21-12-14(3)4/h7-9,13-14,17,20H,10-12H2,1-6H3. The van der Waals surface area contributed by atoms with Gasteiger partial charge in [-0.05, 0) is 38.3 Å². The topological polar surface area (TPSA) is 30.5 Å². The molecule has 1 heterocycles. The van der Waals surface area contributed by atoms with Crippen LogP contribution in [0.2, 0.25) is 0 Å². The Kier molecular flexibility index (Phi) is 5.38. The molecule has 0 saturated carbocycles. The second-order valence-corrected chi connectivity index (χ2v) is 7.83. The Morgan fingerprint density at radius 3 is 2.59 bits per heavy atom. The minimum absolute atomic E-state index is 0.154. The van der Waals surface area contributed by atoms with Crippen LogP contribution in [0.3, 0.4) is 0 Å². The van der Waals surface area contributed by atoms with Crippen molar-refractivity contribution >= 4 is 0 Å². The number of hydrogen-bond acceptors (Lipinski definition) is 3. The number of nitrogens with one attached hydrogen (secondary N) is 1. The van der Waals surface area contributed by atoms with E-state index >= 15 is 0 Å². The molecule has 1 aromatic carbocycles. The third-order valence-corrected chi connectivity index (χ3v) is 3.80. The highest BCUT2D eigenvalue weighted by atomic mass is 16.5. The van der Waals surface area contributed by atoms with Crippen LogP contribution in [-0.4, -0.2) is 18.8 Å². The molecule has 1 aliphatic rings. The van der Waals surface area contributed by atoms with Gasteiger partial charge in [-0.2, -0.15) is 0 Å². The summed E-state index contributed by atoms with van der Waals surface area (Å²) in [7, 11) is 0. The SMILES string of the molecule is CC(C)CNC1CC(C)(C)Oc2cc(OCC(C)C)ccc21. The van der Waals surface area contributed by atoms with Gasteiger partial charge in [0.05, 0.1) is 6.61 Å². The largest absolute Gasteiger partial charge is 0.493 e. The van der Waals surface area contributed by atoms with Gasteiger partial charge in [-0.3, -0.25) is 0 Å². The molecule has 0 bridgehead atoms. The Morgan fingerprint density at radius 1 is 1.23 bits per heavy atom. The first-order valence-corrected chi connectivity index (χ1v) is 8.46. The molecule has 1 atom stereocenters. The van der Waals surface area contributed by atoms with Crippen molar-refractivity contribution in [1.29, 1.82) is 0 Å². The van der Waals surface area contributed by atoms with Gasteiger partial charge in [0.15, 0.2) is 0 Å². The summed E-state index contributed by atoms with van der Waals surface area (Å²) in [5, 5.41) is 3.68. The molecular weight excluding hydrogens is 274 g/mol. The number of hydrogen-bond donors (Lipinski definition) is 1. The zero-order valence-electron chi connectivity index (χ0n) is 14.9. The van der Waals surface area contributed by atoms with Crippen LogP contribution in [0.5, 0.6) is 11.5 Å². The van der Waals surface area contributed by atoms with Crippen LogP contribution in [0.25, 0.3) is 0 Å². The Balaban J connectivity index is 2.18. The summed E-state index contributed by atoms with van der Waals surface area (Å²) in [6.45, 7) is 14.8. The van der Waals surface area contributed by atoms with E-state index in [1.165, 1.54) is 5.56 Å². The predicted octanol–water partition coefficient (Wildman–Crippen LogP) is 4.57. The van der Waals surface area contributed by atoms with Gasteiger partial charge in [0, 0.05) is 24.1 Å². The maximum absolute atomic E-state index is 6.18. The van der Waals surface area contributed by atoms with E-state index in [1.807, 2.05) is 6.07 Å². The van der Waals surface area contributed by atoms with E-state index in [0.29, 0.717) is 17.9 Å². The van der Waals surface area contributed by atoms with Gasteiger partial charge in [0.25, 0.3) is 0 Å². The van der Waals surface area contributed by atoms with Crippen molar-refractivity contribution in [2.75, 3.05) is 13.2 Å². The molecule has 0 radical (unpaired) electrons. The summed E-state index contributed by atoms with van der Waals surface area (Å²) in [6, 6.07) is 6.61. The minimum atomic E-state index is -0.154. The predicted molar refractivity (Wildman–Crippen MR) is 91.7 cm³/mol. The van der Waals surface area contributed by atoms with Gasteiger partial charge in [0.1, 0.15) is 17.1 Å². The van der Waals surface area contributed by atoms with Crippen LogP contribution in [0.4, 0.5) is 0 Å². The molecule has 2 rings (SSSR count). The Bertz CT molecular complexity index is 494. The first-order valence-electron chi connectivity index (χ1n) is 8.46. The summed E-state index contributed by atoms with van der Waals surface area (Å²) in [5.74, 6) is 3.02. The molecule has 1 aromatic rings. The lowest BCUT2D eigenvalue weighted by Gasteiger charge is -2.38. The normalized spacial score (nSPS) is 19.9. The van der Waals surface area contributed by atoms with Crippen LogP contribution in [0, 0.1) is 11.8 Å². The Morgan fingerprint density at radius 2 is 1.95 bits per heavy atom. The lowest BCUT2D eigenvalue weighted by atomic mass is 9.89. The van der Waals surface area contributed by atoms with Crippen molar-refractivity contribution in [3.05, 3.63) is 23.8 Å². The smallest absolute Gasteiger partial charge is 0.128 e. The maximum Gasteiger partial charge on any atom is 0.128 e. The van der Waals surface area contributed by atoms with Gasteiger partial charge in [-0.25, -0.2) is 0 Å². The van der Waals surface area contributed by atoms with E-state index in [2.05, 4.69) is 59.0 Å². The number of benzene rings is 1. The second-order valence-electron chi connectivity index (χ2n) is 7.83. The molecule has 0 spiro atoms. The third-order valence-electron chi connectivity index (χ3n) is 3.80. The summed E-state index contributed by atoms with van der Waals surface area (Å²) in [6.07, 6.45) is 0.985. The zero-order valence-corrected chi connectivity index (χ0v) is 14.9. The van der Waals surface area contributed by atoms with Gasteiger partial charge < -0.3 is 14.8 Å². The lowest BCUT2D eigenvalue weighted by Crippen LogP contribution is -2.40. The molecule has 0 saturated heterocycles. The second kappa shape index (κ2) is 6.91. The van der Waals surface area contributed by atoms with Crippen molar-refractivity contribution < 1.29 is 9.47 Å². The van der Waals surface area contributed by atoms with E-state index in [-0.39, 0.29) is 5.60 Å². The fraction of sp³-hybridized carbons (Fsp3) is 0.684. The minimum Gasteiger partial charge on any atom is -0.493 e. The van der Waals surface area contributed by atoms with E-state index in [4.69, 9.17) is 9.47 Å². The van der Waals surface area contributed by atoms with Crippen LogP contribution in [0.1, 0.15) is 59.6 Å². The average Bonchev–Trinajstić information content (AvgIpc) is 2.40. The number of ether oxygens (including phenoxy) is 2. The van der Waals surface area contributed by atoms with E-state index in [0.717, 1.165) is 31.1 Å². The molecule has 22 heavy (non-hydrogen) atoms. The molecule has 1 unspecified atom stereocenters. The number of fused-ring (bicyclic) bond motifs is 1. The number of rotatable bonds is 6. The first kappa shape index (κ1) is 17.1. The van der Waals surface area contributed by atoms with Gasteiger partial charge in [-0.1, -0.05) is 33.8 Å². The van der Waals surface area contributed by atoms with Crippen LogP contribution in [0.15, 0.2) is 18.2 Å². The van der Waals surface area contributed by atoms with Gasteiger partial charge in [0.2, 0.25) is 0 Å². The summed E-state index contributed by atoms with van der Waals surface area (Å²) >= 11 is 0. The fourth-order valence-corrected chi connectivity index (χ4v) is 2.74. The molecule has 1 aliphatic heterocycles. The highest BCUT2D eigenvalue weighted by Gasteiger charge is 2.33. The van der Waals surface area contributed by atoms with E-state index in [9.17, 15) is 0 Å². The maximum atomic E-state index is 6.18. The quantitative estimate of drug-likeness (QED) is 0.835. The van der Waals surface area contributed by atoms with Crippen LogP contribution in [-0.2, 0) is 0 Å². The highest BCUT2D eigenvalue weighted by Crippen LogP contribution is 2.41. The van der Waals surface area contributed by atoms with Crippen molar-refractivity contribution in [2.24, 2.45) is 11.8 Å². The van der Waals surface area contributed by atoms with Crippen LogP contribution >= 0.6 is 0 Å². The van der Waals surface area contributed by atoms with Crippen molar-refractivity contribution in [3.63, 3.8) is 0 Å². The molecule has 3 nitrogen and oxygen atoms in total. The average molecular weight is 305 g/mol. The molecular formula is C19H31NO2. The summed E-state index contributed by atoms with van der Waals surface area (Å²) in [4.78, 5) is 0. The molecule has 124 valence electrons. The molecule has 0 amide bonds. The van der Waals surface area contributed by atoms with E-state index < -0.39 is 0 Å². The van der Waals surface area contributed by atoms with Crippen molar-refractivity contribution in [3.8, 4) is 11.5 Å². The van der Waals surface area contributed by atoms with Gasteiger partial charge in [-0.15, -0.1) is 0 Å². The molecule has 1 N–H and O–H groups in total. The summed E-state index contributed by atoms with van der Waals surface area (Å²) in [5.41, 5.74) is 1.09. The third kappa shape index (κ3) is 4.64. The van der Waals surface area contributed by atoms with Crippen molar-refractivity contribution in [2.45, 2.75) is 59.6 Å². The molecule has 3 heteroatoms. The first-order chi connectivity index (χ1) is 10.3. The Labute approximate surface area is 135 Å². The lowest BCUT2D eigenvalue weighted by molar-refractivity contribution is 0.0650. The molecule has 0 aromatic heterocycles. The fourth-order valence-electron chi connectivity index (χ4n) is 2.74. The Hall–Kier alpha value is -1.22.